The zero-order valence-corrected chi connectivity index (χ0v) is 13.2. The van der Waals surface area contributed by atoms with Gasteiger partial charge in [-0.2, -0.15) is 0 Å². The quantitative estimate of drug-likeness (QED) is 0.374. The van der Waals surface area contributed by atoms with Gasteiger partial charge >= 0.3 is 0 Å². The molecule has 128 valence electrons. The molecule has 0 aliphatic heterocycles. The van der Waals surface area contributed by atoms with E-state index in [9.17, 15) is 15.3 Å². The topological polar surface area (TPSA) is 97.6 Å². The van der Waals surface area contributed by atoms with Crippen LogP contribution in [0.25, 0.3) is 0 Å². The summed E-state index contributed by atoms with van der Waals surface area (Å²) in [5.74, 6) is 0. The maximum absolute atomic E-state index is 9.83. The van der Waals surface area contributed by atoms with Gasteiger partial charge in [-0.15, -0.1) is 0 Å². The minimum atomic E-state index is -0.746. The average Bonchev–Trinajstić information content (AvgIpc) is 2.43. The van der Waals surface area contributed by atoms with E-state index in [1.165, 1.54) is 14.2 Å². The molecule has 4 unspecified atom stereocenters. The van der Waals surface area contributed by atoms with E-state index in [1.54, 1.807) is 6.92 Å². The lowest BCUT2D eigenvalue weighted by Crippen LogP contribution is -2.32. The third kappa shape index (κ3) is 12.0. The molecule has 0 fully saturated rings. The van der Waals surface area contributed by atoms with Crippen molar-refractivity contribution in [2.24, 2.45) is 0 Å². The van der Waals surface area contributed by atoms with E-state index < -0.39 is 18.3 Å². The first-order valence-electron chi connectivity index (χ1n) is 7.22. The molecule has 0 aromatic heterocycles. The molecular formula is C14H30O7. The van der Waals surface area contributed by atoms with Gasteiger partial charge in [-0.3, -0.25) is 0 Å². The third-order valence-corrected chi connectivity index (χ3v) is 2.98. The SMILES string of the molecule is COCC(O)CCOCC(O)C(C)OCCC(O)COC. The lowest BCUT2D eigenvalue weighted by atomic mass is 10.2. The molecule has 0 rings (SSSR count). The molecule has 0 spiro atoms. The van der Waals surface area contributed by atoms with E-state index in [1.807, 2.05) is 0 Å². The highest BCUT2D eigenvalue weighted by Crippen LogP contribution is 2.03. The van der Waals surface area contributed by atoms with Crippen LogP contribution in [0.5, 0.6) is 0 Å². The first-order chi connectivity index (χ1) is 10.0. The van der Waals surface area contributed by atoms with Crippen molar-refractivity contribution in [1.29, 1.82) is 0 Å². The van der Waals surface area contributed by atoms with Crippen molar-refractivity contribution >= 4 is 0 Å². The summed E-state index contributed by atoms with van der Waals surface area (Å²) in [4.78, 5) is 0. The molecule has 0 aliphatic carbocycles. The lowest BCUT2D eigenvalue weighted by molar-refractivity contribution is -0.0746. The van der Waals surface area contributed by atoms with E-state index in [-0.39, 0.29) is 25.9 Å². The van der Waals surface area contributed by atoms with E-state index in [2.05, 4.69) is 0 Å². The Kier molecular flexibility index (Phi) is 13.2. The Hall–Kier alpha value is -0.280. The molecule has 7 nitrogen and oxygen atoms in total. The molecule has 3 N–H and O–H groups in total. The molecule has 4 atom stereocenters. The number of aliphatic hydroxyl groups is 3. The molecule has 0 bridgehead atoms. The van der Waals surface area contributed by atoms with Gasteiger partial charge in [0.05, 0.1) is 38.1 Å². The van der Waals surface area contributed by atoms with Crippen LogP contribution in [0.2, 0.25) is 0 Å². The average molecular weight is 310 g/mol. The van der Waals surface area contributed by atoms with E-state index >= 15 is 0 Å². The van der Waals surface area contributed by atoms with Crippen LogP contribution in [-0.4, -0.2) is 87.0 Å². The minimum absolute atomic E-state index is 0.140. The van der Waals surface area contributed by atoms with Crippen LogP contribution in [0.3, 0.4) is 0 Å². The second kappa shape index (κ2) is 13.4. The minimum Gasteiger partial charge on any atom is -0.391 e. The Bertz CT molecular complexity index is 227. The summed E-state index contributed by atoms with van der Waals surface area (Å²) in [7, 11) is 3.05. The summed E-state index contributed by atoms with van der Waals surface area (Å²) < 4.78 is 20.3. The van der Waals surface area contributed by atoms with Gasteiger partial charge in [-0.05, 0) is 19.8 Å². The van der Waals surface area contributed by atoms with Crippen LogP contribution in [0.1, 0.15) is 19.8 Å². The van der Waals surface area contributed by atoms with Crippen LogP contribution in [0, 0.1) is 0 Å². The lowest BCUT2D eigenvalue weighted by Gasteiger charge is -2.20. The summed E-state index contributed by atoms with van der Waals surface area (Å²) in [5, 5.41) is 28.7. The molecular weight excluding hydrogens is 280 g/mol. The summed E-state index contributed by atoms with van der Waals surface area (Å²) in [6.07, 6.45) is -1.33. The first kappa shape index (κ1) is 20.7. The van der Waals surface area contributed by atoms with Crippen molar-refractivity contribution in [3.63, 3.8) is 0 Å². The molecule has 0 heterocycles. The Labute approximate surface area is 126 Å². The molecule has 0 aromatic carbocycles. The largest absolute Gasteiger partial charge is 0.391 e. The Morgan fingerprint density at radius 1 is 0.810 bits per heavy atom. The van der Waals surface area contributed by atoms with Gasteiger partial charge in [-0.1, -0.05) is 0 Å². The van der Waals surface area contributed by atoms with Crippen molar-refractivity contribution in [3.8, 4) is 0 Å². The maximum atomic E-state index is 9.83. The van der Waals surface area contributed by atoms with Crippen molar-refractivity contribution in [2.45, 2.75) is 44.2 Å². The van der Waals surface area contributed by atoms with Crippen molar-refractivity contribution in [3.05, 3.63) is 0 Å². The standard InChI is InChI=1S/C14H30O7/c1-11(21-7-5-13(16)9-19-3)14(17)10-20-6-4-12(15)8-18-2/h11-17H,4-10H2,1-3H3. The predicted molar refractivity (Wildman–Crippen MR) is 77.2 cm³/mol. The van der Waals surface area contributed by atoms with Crippen molar-refractivity contribution < 1.29 is 34.3 Å². The first-order valence-corrected chi connectivity index (χ1v) is 7.22. The van der Waals surface area contributed by atoms with E-state index in [0.717, 1.165) is 0 Å². The summed E-state index contributed by atoms with van der Waals surface area (Å²) in [6.45, 7) is 3.12. The predicted octanol–water partition coefficient (Wildman–Crippen LogP) is -0.436. The molecule has 0 aliphatic rings. The monoisotopic (exact) mass is 310 g/mol. The fourth-order valence-corrected chi connectivity index (χ4v) is 1.61. The number of hydrogen-bond donors (Lipinski definition) is 3. The normalized spacial score (nSPS) is 17.4. The Morgan fingerprint density at radius 3 is 1.86 bits per heavy atom. The van der Waals surface area contributed by atoms with Crippen LogP contribution in [-0.2, 0) is 18.9 Å². The number of hydrogen-bond acceptors (Lipinski definition) is 7. The van der Waals surface area contributed by atoms with Gasteiger partial charge in [0.25, 0.3) is 0 Å². The van der Waals surface area contributed by atoms with Gasteiger partial charge in [0, 0.05) is 27.4 Å². The smallest absolute Gasteiger partial charge is 0.103 e. The fraction of sp³-hybridized carbons (Fsp3) is 1.00. The van der Waals surface area contributed by atoms with Crippen LogP contribution >= 0.6 is 0 Å². The Balaban J connectivity index is 3.59. The zero-order chi connectivity index (χ0) is 16.1. The molecule has 7 heteroatoms. The summed E-state index contributed by atoms with van der Waals surface area (Å²) in [6, 6.07) is 0. The number of rotatable bonds is 14. The molecule has 21 heavy (non-hydrogen) atoms. The maximum Gasteiger partial charge on any atom is 0.103 e. The highest BCUT2D eigenvalue weighted by molar-refractivity contribution is 4.64. The number of methoxy groups -OCH3 is 2. The molecule has 0 amide bonds. The molecule has 0 saturated heterocycles. The van der Waals surface area contributed by atoms with Crippen LogP contribution < -0.4 is 0 Å². The second-order valence-corrected chi connectivity index (χ2v) is 5.01. The van der Waals surface area contributed by atoms with Gasteiger partial charge in [0.2, 0.25) is 0 Å². The van der Waals surface area contributed by atoms with Gasteiger partial charge in [0.1, 0.15) is 6.10 Å². The molecule has 0 radical (unpaired) electrons. The zero-order valence-electron chi connectivity index (χ0n) is 13.2. The summed E-state index contributed by atoms with van der Waals surface area (Å²) >= 11 is 0. The van der Waals surface area contributed by atoms with Crippen molar-refractivity contribution in [1.82, 2.24) is 0 Å². The van der Waals surface area contributed by atoms with Gasteiger partial charge in [0.15, 0.2) is 0 Å². The highest BCUT2D eigenvalue weighted by atomic mass is 16.5. The second-order valence-electron chi connectivity index (χ2n) is 5.01. The van der Waals surface area contributed by atoms with Gasteiger partial charge < -0.3 is 34.3 Å². The summed E-state index contributed by atoms with van der Waals surface area (Å²) in [5.41, 5.74) is 0. The van der Waals surface area contributed by atoms with Crippen molar-refractivity contribution in [2.75, 3.05) is 47.3 Å². The van der Waals surface area contributed by atoms with Gasteiger partial charge in [-0.25, -0.2) is 0 Å². The number of aliphatic hydroxyl groups excluding tert-OH is 3. The number of ether oxygens (including phenoxy) is 4. The third-order valence-electron chi connectivity index (χ3n) is 2.98. The van der Waals surface area contributed by atoms with Crippen LogP contribution in [0.15, 0.2) is 0 Å². The van der Waals surface area contributed by atoms with Crippen LogP contribution in [0.4, 0.5) is 0 Å². The molecule has 0 aromatic rings. The highest BCUT2D eigenvalue weighted by Gasteiger charge is 2.16. The fourth-order valence-electron chi connectivity index (χ4n) is 1.61. The molecule has 0 saturated carbocycles. The van der Waals surface area contributed by atoms with E-state index in [0.29, 0.717) is 26.1 Å². The Morgan fingerprint density at radius 2 is 1.33 bits per heavy atom. The van der Waals surface area contributed by atoms with E-state index in [4.69, 9.17) is 18.9 Å².